The predicted octanol–water partition coefficient (Wildman–Crippen LogP) is 2.13. The summed E-state index contributed by atoms with van der Waals surface area (Å²) in [5.41, 5.74) is 0.661. The second-order valence-electron chi connectivity index (χ2n) is 9.88. The summed E-state index contributed by atoms with van der Waals surface area (Å²) < 4.78 is 59.4. The summed E-state index contributed by atoms with van der Waals surface area (Å²) in [5.74, 6) is -3.88. The average molecular weight is 568 g/mol. The van der Waals surface area contributed by atoms with E-state index in [9.17, 15) is 28.2 Å². The number of ether oxygens (including phenoxy) is 2. The summed E-state index contributed by atoms with van der Waals surface area (Å²) in [6.45, 7) is 0.271. The highest BCUT2D eigenvalue weighted by molar-refractivity contribution is 5.65. The third-order valence-electron chi connectivity index (χ3n) is 7.49. The number of amides is 1. The Hall–Kier alpha value is -3.53. The van der Waals surface area contributed by atoms with Gasteiger partial charge in [0.1, 0.15) is 35.8 Å². The normalized spacial score (nSPS) is 25.9. The van der Waals surface area contributed by atoms with E-state index in [0.717, 1.165) is 12.1 Å². The van der Waals surface area contributed by atoms with Gasteiger partial charge in [-0.2, -0.15) is 0 Å². The van der Waals surface area contributed by atoms with E-state index in [0.29, 0.717) is 37.4 Å². The van der Waals surface area contributed by atoms with Gasteiger partial charge in [0.15, 0.2) is 17.5 Å². The molecule has 40 heavy (non-hydrogen) atoms. The van der Waals surface area contributed by atoms with Crippen LogP contribution in [-0.4, -0.2) is 97.7 Å². The number of hydrogen-bond acceptors (Lipinski definition) is 9. The molecule has 3 N–H and O–H groups in total. The number of nitrogens with zero attached hydrogens (tertiary/aromatic N) is 5. The number of benzene rings is 1. The average Bonchev–Trinajstić information content (AvgIpc) is 3.62. The maximum Gasteiger partial charge on any atom is 0.407 e. The summed E-state index contributed by atoms with van der Waals surface area (Å²) in [6, 6.07) is 2.41. The number of methoxy groups -OCH3 is 1. The molecule has 5 atom stereocenters. The minimum atomic E-state index is -1.61. The molecule has 2 aliphatic rings. The van der Waals surface area contributed by atoms with E-state index in [2.05, 4.69) is 15.5 Å². The Morgan fingerprint density at radius 3 is 2.48 bits per heavy atom. The Labute approximate surface area is 225 Å². The van der Waals surface area contributed by atoms with Crippen LogP contribution in [0.5, 0.6) is 0 Å². The van der Waals surface area contributed by atoms with Crippen molar-refractivity contribution >= 4 is 6.09 Å². The highest BCUT2D eigenvalue weighted by Crippen LogP contribution is 2.35. The molecule has 12 nitrogen and oxygen atoms in total. The molecule has 0 bridgehead atoms. The standard InChI is InChI=1S/C25H28F3N5O7/c1-38-24-19(9-14-8-17(30-40-14)12-2-4-32(5-3-12)25(36)37)39-20(11-34)23(35)22(24)33-10-18(29-31-33)13-6-15(26)21(28)16(27)7-13/h6-8,10,12,19-20,22-24,34-35H,2-5,9,11H2,1H3,(H,36,37)/t19-,20-,22+,23+,24+/m1/s1. The maximum atomic E-state index is 13.8. The van der Waals surface area contributed by atoms with Crippen LogP contribution in [0.1, 0.15) is 36.3 Å². The molecule has 2 aromatic heterocycles. The van der Waals surface area contributed by atoms with Gasteiger partial charge in [-0.05, 0) is 25.0 Å². The molecular formula is C25H28F3N5O7. The molecule has 2 saturated heterocycles. The second kappa shape index (κ2) is 11.5. The topological polar surface area (TPSA) is 156 Å². The largest absolute Gasteiger partial charge is 0.465 e. The molecule has 2 fully saturated rings. The van der Waals surface area contributed by atoms with E-state index in [4.69, 9.17) is 19.1 Å². The van der Waals surface area contributed by atoms with Crippen molar-refractivity contribution in [2.24, 2.45) is 0 Å². The molecule has 5 rings (SSSR count). The van der Waals surface area contributed by atoms with E-state index in [1.807, 2.05) is 0 Å². The first kappa shape index (κ1) is 28.0. The molecule has 0 aliphatic carbocycles. The zero-order chi connectivity index (χ0) is 28.6. The van der Waals surface area contributed by atoms with Gasteiger partial charge >= 0.3 is 6.09 Å². The first-order chi connectivity index (χ1) is 19.2. The van der Waals surface area contributed by atoms with Gasteiger partial charge in [-0.15, -0.1) is 5.10 Å². The van der Waals surface area contributed by atoms with Crippen molar-refractivity contribution in [3.8, 4) is 11.3 Å². The van der Waals surface area contributed by atoms with E-state index in [1.165, 1.54) is 22.9 Å². The van der Waals surface area contributed by atoms with Crippen LogP contribution >= 0.6 is 0 Å². The van der Waals surface area contributed by atoms with Crippen LogP contribution in [0.2, 0.25) is 0 Å². The Kier molecular flexibility index (Phi) is 8.07. The van der Waals surface area contributed by atoms with Gasteiger partial charge in [0.25, 0.3) is 0 Å². The number of rotatable bonds is 7. The molecule has 0 spiro atoms. The molecule has 15 heteroatoms. The zero-order valence-electron chi connectivity index (χ0n) is 21.4. The van der Waals surface area contributed by atoms with Crippen molar-refractivity contribution in [3.63, 3.8) is 0 Å². The lowest BCUT2D eigenvalue weighted by atomic mass is 9.90. The lowest BCUT2D eigenvalue weighted by molar-refractivity contribution is -0.212. The lowest BCUT2D eigenvalue weighted by Crippen LogP contribution is -2.57. The highest BCUT2D eigenvalue weighted by Gasteiger charge is 2.47. The summed E-state index contributed by atoms with van der Waals surface area (Å²) in [6.07, 6.45) is -2.14. The summed E-state index contributed by atoms with van der Waals surface area (Å²) in [5, 5.41) is 42.2. The third kappa shape index (κ3) is 5.41. The molecule has 0 unspecified atom stereocenters. The second-order valence-corrected chi connectivity index (χ2v) is 9.88. The fraction of sp³-hybridized carbons (Fsp3) is 0.520. The van der Waals surface area contributed by atoms with E-state index in [1.54, 1.807) is 6.07 Å². The van der Waals surface area contributed by atoms with Crippen molar-refractivity contribution in [2.75, 3.05) is 26.8 Å². The zero-order valence-corrected chi connectivity index (χ0v) is 21.4. The van der Waals surface area contributed by atoms with Crippen LogP contribution in [0.4, 0.5) is 18.0 Å². The quantitative estimate of drug-likeness (QED) is 0.362. The maximum absolute atomic E-state index is 13.8. The molecule has 0 radical (unpaired) electrons. The lowest BCUT2D eigenvalue weighted by Gasteiger charge is -2.43. The molecule has 2 aliphatic heterocycles. The van der Waals surface area contributed by atoms with E-state index in [-0.39, 0.29) is 23.6 Å². The number of aliphatic hydroxyl groups is 2. The fourth-order valence-corrected chi connectivity index (χ4v) is 5.37. The van der Waals surface area contributed by atoms with Gasteiger partial charge in [0, 0.05) is 44.2 Å². The first-order valence-electron chi connectivity index (χ1n) is 12.7. The number of aliphatic hydroxyl groups excluding tert-OH is 2. The molecule has 0 saturated carbocycles. The van der Waals surface area contributed by atoms with Crippen LogP contribution in [0.25, 0.3) is 11.3 Å². The number of piperidine rings is 1. The van der Waals surface area contributed by atoms with Crippen molar-refractivity contribution in [3.05, 3.63) is 53.3 Å². The number of halogens is 3. The summed E-state index contributed by atoms with van der Waals surface area (Å²) in [4.78, 5) is 12.5. The van der Waals surface area contributed by atoms with Gasteiger partial charge in [-0.25, -0.2) is 22.6 Å². The molecule has 216 valence electrons. The Balaban J connectivity index is 1.35. The molecule has 3 aromatic rings. The number of likely N-dealkylation sites (tertiary alicyclic amines) is 1. The van der Waals surface area contributed by atoms with Crippen LogP contribution in [0.3, 0.4) is 0 Å². The van der Waals surface area contributed by atoms with E-state index >= 15 is 0 Å². The molecule has 1 aromatic carbocycles. The monoisotopic (exact) mass is 567 g/mol. The molecule has 1 amide bonds. The molecular weight excluding hydrogens is 539 g/mol. The Bertz CT molecular complexity index is 1320. The van der Waals surface area contributed by atoms with Crippen molar-refractivity contribution in [1.82, 2.24) is 25.1 Å². The third-order valence-corrected chi connectivity index (χ3v) is 7.49. The van der Waals surface area contributed by atoms with Crippen LogP contribution in [0.15, 0.2) is 28.9 Å². The first-order valence-corrected chi connectivity index (χ1v) is 12.7. The van der Waals surface area contributed by atoms with Crippen LogP contribution < -0.4 is 0 Å². The van der Waals surface area contributed by atoms with Crippen molar-refractivity contribution in [1.29, 1.82) is 0 Å². The van der Waals surface area contributed by atoms with Gasteiger partial charge in [-0.3, -0.25) is 0 Å². The SMILES string of the molecule is CO[C@@H]1[C@@H](n2cc(-c3cc(F)c(F)c(F)c3)nn2)[C@@H](O)[C@@H](CO)O[C@@H]1Cc1cc(C2CCN(C(=O)O)CC2)no1. The highest BCUT2D eigenvalue weighted by atomic mass is 19.2. The number of carbonyl (C=O) groups is 1. The Morgan fingerprint density at radius 2 is 1.85 bits per heavy atom. The summed E-state index contributed by atoms with van der Waals surface area (Å²) >= 11 is 0. The Morgan fingerprint density at radius 1 is 1.15 bits per heavy atom. The van der Waals surface area contributed by atoms with Gasteiger partial charge in [0.2, 0.25) is 0 Å². The molecule has 4 heterocycles. The van der Waals surface area contributed by atoms with Gasteiger partial charge in [-0.1, -0.05) is 10.4 Å². The van der Waals surface area contributed by atoms with Crippen molar-refractivity contribution < 1.29 is 47.3 Å². The van der Waals surface area contributed by atoms with Crippen molar-refractivity contribution in [2.45, 2.75) is 55.6 Å². The fourth-order valence-electron chi connectivity index (χ4n) is 5.37. The smallest absolute Gasteiger partial charge is 0.407 e. The summed E-state index contributed by atoms with van der Waals surface area (Å²) in [7, 11) is 1.41. The number of hydrogen-bond donors (Lipinski definition) is 3. The minimum Gasteiger partial charge on any atom is -0.465 e. The van der Waals surface area contributed by atoms with Crippen LogP contribution in [-0.2, 0) is 15.9 Å². The van der Waals surface area contributed by atoms with E-state index < -0.39 is 60.6 Å². The minimum absolute atomic E-state index is 0.0252. The number of aromatic nitrogens is 4. The van der Waals surface area contributed by atoms with Crippen LogP contribution in [0, 0.1) is 17.5 Å². The number of carboxylic acid groups (broad SMARTS) is 1. The van der Waals surface area contributed by atoms with Gasteiger partial charge in [0.05, 0.1) is 24.6 Å². The predicted molar refractivity (Wildman–Crippen MR) is 129 cm³/mol. The van der Waals surface area contributed by atoms with Gasteiger partial charge < -0.3 is 34.2 Å².